The summed E-state index contributed by atoms with van der Waals surface area (Å²) in [7, 11) is 1.76. The van der Waals surface area contributed by atoms with Crippen molar-refractivity contribution >= 4 is 5.82 Å². The molecule has 5 nitrogen and oxygen atoms in total. The Morgan fingerprint density at radius 3 is 3.00 bits per heavy atom. The van der Waals surface area contributed by atoms with Gasteiger partial charge in [-0.2, -0.15) is 4.98 Å². The summed E-state index contributed by atoms with van der Waals surface area (Å²) in [6.45, 7) is -0.0145. The van der Waals surface area contributed by atoms with Crippen molar-refractivity contribution in [1.82, 2.24) is 9.97 Å². The molecule has 17 heavy (non-hydrogen) atoms. The Balaban J connectivity index is 2.18. The van der Waals surface area contributed by atoms with Crippen LogP contribution in [0.25, 0.3) is 0 Å². The lowest BCUT2D eigenvalue weighted by atomic mass is 10.2. The van der Waals surface area contributed by atoms with Gasteiger partial charge in [-0.3, -0.25) is 4.98 Å². The van der Waals surface area contributed by atoms with Crippen LogP contribution >= 0.6 is 0 Å². The molecule has 0 fully saturated rings. The second-order valence-corrected chi connectivity index (χ2v) is 3.40. The van der Waals surface area contributed by atoms with Crippen LogP contribution in [-0.2, 0) is 6.61 Å². The molecule has 88 valence electrons. The molecule has 0 unspecified atom stereocenters. The van der Waals surface area contributed by atoms with E-state index in [2.05, 4.69) is 15.3 Å². The molecule has 1 aromatic carbocycles. The average molecular weight is 231 g/mol. The molecule has 0 spiro atoms. The quantitative estimate of drug-likeness (QED) is 0.839. The van der Waals surface area contributed by atoms with Gasteiger partial charge in [-0.1, -0.05) is 12.1 Å². The lowest BCUT2D eigenvalue weighted by Crippen LogP contribution is -1.96. The third kappa shape index (κ3) is 2.92. The van der Waals surface area contributed by atoms with E-state index < -0.39 is 0 Å². The molecule has 0 saturated carbocycles. The summed E-state index contributed by atoms with van der Waals surface area (Å²) < 4.78 is 5.54. The molecular weight excluding hydrogens is 218 g/mol. The first-order valence-electron chi connectivity index (χ1n) is 5.19. The van der Waals surface area contributed by atoms with Crippen molar-refractivity contribution < 1.29 is 9.84 Å². The van der Waals surface area contributed by atoms with Crippen molar-refractivity contribution in [3.63, 3.8) is 0 Å². The highest BCUT2D eigenvalue weighted by atomic mass is 16.5. The molecular formula is C12H13N3O2. The predicted octanol–water partition coefficient (Wildman–Crippen LogP) is 1.80. The Bertz CT molecular complexity index is 457. The molecule has 0 atom stereocenters. The van der Waals surface area contributed by atoms with Crippen LogP contribution in [0, 0.1) is 0 Å². The maximum Gasteiger partial charge on any atom is 0.239 e. The van der Waals surface area contributed by atoms with Crippen molar-refractivity contribution in [2.45, 2.75) is 6.61 Å². The topological polar surface area (TPSA) is 67.3 Å². The molecule has 0 saturated heterocycles. The van der Waals surface area contributed by atoms with E-state index in [4.69, 9.17) is 9.84 Å². The van der Waals surface area contributed by atoms with Gasteiger partial charge in [0.2, 0.25) is 5.88 Å². The van der Waals surface area contributed by atoms with Gasteiger partial charge in [0.05, 0.1) is 19.0 Å². The molecule has 2 N–H and O–H groups in total. The van der Waals surface area contributed by atoms with Crippen molar-refractivity contribution in [2.75, 3.05) is 12.4 Å². The van der Waals surface area contributed by atoms with E-state index >= 15 is 0 Å². The molecule has 0 bridgehead atoms. The maximum atomic E-state index is 9.02. The monoisotopic (exact) mass is 231 g/mol. The highest BCUT2D eigenvalue weighted by molar-refractivity contribution is 5.35. The molecule has 2 rings (SSSR count). The van der Waals surface area contributed by atoms with Gasteiger partial charge in [0, 0.05) is 7.05 Å². The van der Waals surface area contributed by atoms with E-state index in [-0.39, 0.29) is 6.61 Å². The SMILES string of the molecule is CNc1cncc(Oc2cccc(CO)c2)n1. The summed E-state index contributed by atoms with van der Waals surface area (Å²) in [5.74, 6) is 1.67. The summed E-state index contributed by atoms with van der Waals surface area (Å²) in [4.78, 5) is 8.18. The molecule has 0 amide bonds. The van der Waals surface area contributed by atoms with Gasteiger partial charge < -0.3 is 15.2 Å². The second kappa shape index (κ2) is 5.27. The fourth-order valence-corrected chi connectivity index (χ4v) is 1.35. The lowest BCUT2D eigenvalue weighted by molar-refractivity contribution is 0.281. The number of hydrogen-bond donors (Lipinski definition) is 2. The summed E-state index contributed by atoms with van der Waals surface area (Å²) in [6.07, 6.45) is 3.14. The van der Waals surface area contributed by atoms with Crippen molar-refractivity contribution in [3.05, 3.63) is 42.2 Å². The number of ether oxygens (including phenoxy) is 1. The summed E-state index contributed by atoms with van der Waals surface area (Å²) in [5.41, 5.74) is 0.792. The Hall–Kier alpha value is -2.14. The van der Waals surface area contributed by atoms with Crippen LogP contribution in [0.1, 0.15) is 5.56 Å². The minimum Gasteiger partial charge on any atom is -0.437 e. The molecule has 5 heteroatoms. The van der Waals surface area contributed by atoms with Crippen LogP contribution in [0.5, 0.6) is 11.6 Å². The molecule has 0 aliphatic rings. The Morgan fingerprint density at radius 2 is 2.24 bits per heavy atom. The van der Waals surface area contributed by atoms with Gasteiger partial charge in [-0.15, -0.1) is 0 Å². The van der Waals surface area contributed by atoms with E-state index in [1.54, 1.807) is 25.4 Å². The molecule has 0 aliphatic carbocycles. The zero-order valence-corrected chi connectivity index (χ0v) is 9.42. The Labute approximate surface area is 99.1 Å². The molecule has 0 aliphatic heterocycles. The first kappa shape index (κ1) is 11.3. The maximum absolute atomic E-state index is 9.02. The average Bonchev–Trinajstić information content (AvgIpc) is 2.39. The fourth-order valence-electron chi connectivity index (χ4n) is 1.35. The highest BCUT2D eigenvalue weighted by Gasteiger charge is 2.01. The van der Waals surface area contributed by atoms with Crippen molar-refractivity contribution in [2.24, 2.45) is 0 Å². The molecule has 1 heterocycles. The molecule has 1 aromatic heterocycles. The van der Waals surface area contributed by atoms with Crippen molar-refractivity contribution in [1.29, 1.82) is 0 Å². The number of aromatic nitrogens is 2. The highest BCUT2D eigenvalue weighted by Crippen LogP contribution is 2.20. The number of rotatable bonds is 4. The van der Waals surface area contributed by atoms with Crippen molar-refractivity contribution in [3.8, 4) is 11.6 Å². The van der Waals surface area contributed by atoms with Crippen LogP contribution in [0.2, 0.25) is 0 Å². The van der Waals surface area contributed by atoms with E-state index in [1.165, 1.54) is 6.20 Å². The number of anilines is 1. The van der Waals surface area contributed by atoms with Crippen LogP contribution in [0.4, 0.5) is 5.82 Å². The summed E-state index contributed by atoms with van der Waals surface area (Å²) in [5, 5.41) is 11.9. The van der Waals surface area contributed by atoms with E-state index in [0.29, 0.717) is 17.4 Å². The fraction of sp³-hybridized carbons (Fsp3) is 0.167. The Morgan fingerprint density at radius 1 is 1.35 bits per heavy atom. The minimum atomic E-state index is -0.0145. The van der Waals surface area contributed by atoms with Gasteiger partial charge in [0.1, 0.15) is 11.6 Å². The number of hydrogen-bond acceptors (Lipinski definition) is 5. The minimum absolute atomic E-state index is 0.0145. The number of nitrogens with one attached hydrogen (secondary N) is 1. The standard InChI is InChI=1S/C12H13N3O2/c1-13-11-6-14-7-12(15-11)17-10-4-2-3-9(5-10)8-16/h2-7,16H,8H2,1H3,(H,13,15). The smallest absolute Gasteiger partial charge is 0.239 e. The first-order valence-corrected chi connectivity index (χ1v) is 5.19. The van der Waals surface area contributed by atoms with Gasteiger partial charge in [0.15, 0.2) is 0 Å². The van der Waals surface area contributed by atoms with Gasteiger partial charge >= 0.3 is 0 Å². The summed E-state index contributed by atoms with van der Waals surface area (Å²) >= 11 is 0. The molecule has 2 aromatic rings. The Kier molecular flexibility index (Phi) is 3.52. The van der Waals surface area contributed by atoms with E-state index in [9.17, 15) is 0 Å². The zero-order chi connectivity index (χ0) is 12.1. The number of aliphatic hydroxyl groups excluding tert-OH is 1. The third-order valence-corrected chi connectivity index (χ3v) is 2.17. The number of nitrogens with zero attached hydrogens (tertiary/aromatic N) is 2. The van der Waals surface area contributed by atoms with Gasteiger partial charge in [-0.05, 0) is 17.7 Å². The second-order valence-electron chi connectivity index (χ2n) is 3.40. The number of aliphatic hydroxyl groups is 1. The largest absolute Gasteiger partial charge is 0.437 e. The van der Waals surface area contributed by atoms with Crippen LogP contribution in [-0.4, -0.2) is 22.1 Å². The summed E-state index contributed by atoms with van der Waals surface area (Å²) in [6, 6.07) is 7.19. The first-order chi connectivity index (χ1) is 8.31. The van der Waals surface area contributed by atoms with E-state index in [0.717, 1.165) is 5.56 Å². The normalized spacial score (nSPS) is 10.0. The third-order valence-electron chi connectivity index (χ3n) is 2.17. The van der Waals surface area contributed by atoms with E-state index in [1.807, 2.05) is 12.1 Å². The zero-order valence-electron chi connectivity index (χ0n) is 9.42. The van der Waals surface area contributed by atoms with Crippen LogP contribution in [0.3, 0.4) is 0 Å². The van der Waals surface area contributed by atoms with Crippen LogP contribution < -0.4 is 10.1 Å². The predicted molar refractivity (Wildman–Crippen MR) is 64.0 cm³/mol. The van der Waals surface area contributed by atoms with Gasteiger partial charge in [0.25, 0.3) is 0 Å². The lowest BCUT2D eigenvalue weighted by Gasteiger charge is -2.06. The number of benzene rings is 1. The molecule has 0 radical (unpaired) electrons. The van der Waals surface area contributed by atoms with Crippen LogP contribution in [0.15, 0.2) is 36.7 Å². The van der Waals surface area contributed by atoms with Gasteiger partial charge in [-0.25, -0.2) is 0 Å².